The van der Waals surface area contributed by atoms with E-state index in [1.807, 2.05) is 26.0 Å². The number of aryl methyl sites for hydroxylation is 2. The molecule has 4 nitrogen and oxygen atoms in total. The van der Waals surface area contributed by atoms with Crippen LogP contribution in [0.2, 0.25) is 0 Å². The van der Waals surface area contributed by atoms with Gasteiger partial charge in [-0.15, -0.1) is 0 Å². The van der Waals surface area contributed by atoms with E-state index < -0.39 is 0 Å². The summed E-state index contributed by atoms with van der Waals surface area (Å²) < 4.78 is 0. The second-order valence-corrected chi connectivity index (χ2v) is 4.73. The van der Waals surface area contributed by atoms with Crippen LogP contribution in [-0.4, -0.2) is 37.1 Å². The van der Waals surface area contributed by atoms with E-state index in [4.69, 9.17) is 0 Å². The van der Waals surface area contributed by atoms with Crippen LogP contribution >= 0.6 is 0 Å². The van der Waals surface area contributed by atoms with Gasteiger partial charge in [0.2, 0.25) is 0 Å². The van der Waals surface area contributed by atoms with Gasteiger partial charge in [-0.3, -0.25) is 0 Å². The number of carbonyl (C=O) groups excluding carboxylic acids is 1. The number of amides is 2. The molecule has 0 aromatic heterocycles. The molecule has 0 radical (unpaired) electrons. The van der Waals surface area contributed by atoms with Crippen molar-refractivity contribution in [2.24, 2.45) is 0 Å². The Labute approximate surface area is 116 Å². The summed E-state index contributed by atoms with van der Waals surface area (Å²) in [5.74, 6) is 0. The van der Waals surface area contributed by atoms with Crippen molar-refractivity contribution in [3.05, 3.63) is 29.3 Å². The van der Waals surface area contributed by atoms with Crippen molar-refractivity contribution >= 4 is 11.7 Å². The van der Waals surface area contributed by atoms with Gasteiger partial charge in [0.1, 0.15) is 0 Å². The molecule has 1 rings (SSSR count). The van der Waals surface area contributed by atoms with Crippen LogP contribution < -0.4 is 10.6 Å². The van der Waals surface area contributed by atoms with E-state index in [2.05, 4.69) is 35.4 Å². The predicted octanol–water partition coefficient (Wildman–Crippen LogP) is 2.77. The molecule has 1 aromatic carbocycles. The number of nitrogens with one attached hydrogen (secondary N) is 2. The van der Waals surface area contributed by atoms with Crippen LogP contribution in [0.15, 0.2) is 18.2 Å². The van der Waals surface area contributed by atoms with Crippen LogP contribution in [0.25, 0.3) is 0 Å². The maximum atomic E-state index is 11.8. The maximum absolute atomic E-state index is 11.8. The number of nitrogens with zero attached hydrogens (tertiary/aromatic N) is 1. The van der Waals surface area contributed by atoms with Crippen molar-refractivity contribution in [3.63, 3.8) is 0 Å². The van der Waals surface area contributed by atoms with E-state index in [0.717, 1.165) is 30.9 Å². The summed E-state index contributed by atoms with van der Waals surface area (Å²) in [6.45, 7) is 11.9. The average Bonchev–Trinajstić information content (AvgIpc) is 2.38. The molecule has 0 bridgehead atoms. The van der Waals surface area contributed by atoms with Gasteiger partial charge in [-0.1, -0.05) is 31.5 Å². The first-order valence-corrected chi connectivity index (χ1v) is 6.91. The highest BCUT2D eigenvalue weighted by molar-refractivity contribution is 5.90. The highest BCUT2D eigenvalue weighted by Gasteiger charge is 2.05. The molecule has 0 saturated heterocycles. The number of rotatable bonds is 6. The topological polar surface area (TPSA) is 44.4 Å². The first-order valence-electron chi connectivity index (χ1n) is 6.91. The molecule has 0 saturated carbocycles. The van der Waals surface area contributed by atoms with Crippen LogP contribution in [-0.2, 0) is 0 Å². The van der Waals surface area contributed by atoms with E-state index in [-0.39, 0.29) is 6.03 Å². The van der Waals surface area contributed by atoms with E-state index in [0.29, 0.717) is 6.54 Å². The molecular formula is C15H25N3O. The Kier molecular flexibility index (Phi) is 6.36. The highest BCUT2D eigenvalue weighted by atomic mass is 16.2. The van der Waals surface area contributed by atoms with Crippen molar-refractivity contribution in [1.82, 2.24) is 10.2 Å². The SMILES string of the molecule is CCN(CC)CCNC(=O)Nc1ccc(C)cc1C. The summed E-state index contributed by atoms with van der Waals surface area (Å²) in [6.07, 6.45) is 0. The zero-order valence-electron chi connectivity index (χ0n) is 12.4. The number of likely N-dealkylation sites (N-methyl/N-ethyl adjacent to an activating group) is 1. The second kappa shape index (κ2) is 7.79. The molecule has 0 heterocycles. The minimum atomic E-state index is -0.140. The molecule has 1 aromatic rings. The Morgan fingerprint density at radius 3 is 2.47 bits per heavy atom. The van der Waals surface area contributed by atoms with E-state index in [1.54, 1.807) is 0 Å². The molecule has 0 aliphatic rings. The lowest BCUT2D eigenvalue weighted by atomic mass is 10.1. The van der Waals surface area contributed by atoms with Gasteiger partial charge in [-0.2, -0.15) is 0 Å². The van der Waals surface area contributed by atoms with Crippen molar-refractivity contribution < 1.29 is 4.79 Å². The van der Waals surface area contributed by atoms with Gasteiger partial charge < -0.3 is 15.5 Å². The Bertz CT molecular complexity index is 414. The number of carbonyl (C=O) groups is 1. The molecule has 19 heavy (non-hydrogen) atoms. The monoisotopic (exact) mass is 263 g/mol. The minimum Gasteiger partial charge on any atom is -0.337 e. The van der Waals surface area contributed by atoms with Gasteiger partial charge in [-0.25, -0.2) is 4.79 Å². The molecule has 2 N–H and O–H groups in total. The van der Waals surface area contributed by atoms with Crippen LogP contribution in [0, 0.1) is 13.8 Å². The van der Waals surface area contributed by atoms with E-state index in [9.17, 15) is 4.79 Å². The molecular weight excluding hydrogens is 238 g/mol. The Balaban J connectivity index is 2.39. The van der Waals surface area contributed by atoms with Gasteiger partial charge in [0.25, 0.3) is 0 Å². The molecule has 4 heteroatoms. The lowest BCUT2D eigenvalue weighted by molar-refractivity contribution is 0.248. The molecule has 0 spiro atoms. The second-order valence-electron chi connectivity index (χ2n) is 4.73. The maximum Gasteiger partial charge on any atom is 0.319 e. The zero-order chi connectivity index (χ0) is 14.3. The predicted molar refractivity (Wildman–Crippen MR) is 80.7 cm³/mol. The standard InChI is InChI=1S/C15H25N3O/c1-5-18(6-2)10-9-16-15(19)17-14-8-7-12(3)11-13(14)4/h7-8,11H,5-6,9-10H2,1-4H3,(H2,16,17,19). The number of benzene rings is 1. The molecule has 0 unspecified atom stereocenters. The molecule has 0 aliphatic carbocycles. The van der Waals surface area contributed by atoms with Gasteiger partial charge in [0.15, 0.2) is 0 Å². The van der Waals surface area contributed by atoms with E-state index >= 15 is 0 Å². The zero-order valence-corrected chi connectivity index (χ0v) is 12.4. The van der Waals surface area contributed by atoms with E-state index in [1.165, 1.54) is 5.56 Å². The van der Waals surface area contributed by atoms with Crippen molar-refractivity contribution in [2.45, 2.75) is 27.7 Å². The first-order chi connectivity index (χ1) is 9.06. The van der Waals surface area contributed by atoms with Gasteiger partial charge in [-0.05, 0) is 38.6 Å². The van der Waals surface area contributed by atoms with Crippen LogP contribution in [0.5, 0.6) is 0 Å². The first kappa shape index (κ1) is 15.5. The average molecular weight is 263 g/mol. The fourth-order valence-electron chi connectivity index (χ4n) is 1.99. The Morgan fingerprint density at radius 2 is 1.89 bits per heavy atom. The fraction of sp³-hybridized carbons (Fsp3) is 0.533. The van der Waals surface area contributed by atoms with Crippen molar-refractivity contribution in [1.29, 1.82) is 0 Å². The third-order valence-corrected chi connectivity index (χ3v) is 3.24. The summed E-state index contributed by atoms with van der Waals surface area (Å²) in [5, 5.41) is 5.76. The number of anilines is 1. The highest BCUT2D eigenvalue weighted by Crippen LogP contribution is 2.15. The molecule has 106 valence electrons. The minimum absolute atomic E-state index is 0.140. The summed E-state index contributed by atoms with van der Waals surface area (Å²) in [7, 11) is 0. The summed E-state index contributed by atoms with van der Waals surface area (Å²) >= 11 is 0. The summed E-state index contributed by atoms with van der Waals surface area (Å²) in [4.78, 5) is 14.0. The normalized spacial score (nSPS) is 10.6. The van der Waals surface area contributed by atoms with Gasteiger partial charge in [0, 0.05) is 18.8 Å². The summed E-state index contributed by atoms with van der Waals surface area (Å²) in [5.41, 5.74) is 3.15. The smallest absolute Gasteiger partial charge is 0.319 e. The third kappa shape index (κ3) is 5.30. The fourth-order valence-corrected chi connectivity index (χ4v) is 1.99. The Hall–Kier alpha value is -1.55. The van der Waals surface area contributed by atoms with Gasteiger partial charge in [0.05, 0.1) is 0 Å². The molecule has 2 amide bonds. The van der Waals surface area contributed by atoms with Gasteiger partial charge >= 0.3 is 6.03 Å². The third-order valence-electron chi connectivity index (χ3n) is 3.24. The Morgan fingerprint density at radius 1 is 1.21 bits per heavy atom. The van der Waals surface area contributed by atoms with Crippen molar-refractivity contribution in [2.75, 3.05) is 31.5 Å². The van der Waals surface area contributed by atoms with Crippen LogP contribution in [0.4, 0.5) is 10.5 Å². The van der Waals surface area contributed by atoms with Crippen molar-refractivity contribution in [3.8, 4) is 0 Å². The quantitative estimate of drug-likeness (QED) is 0.829. The molecule has 0 atom stereocenters. The number of hydrogen-bond acceptors (Lipinski definition) is 2. The number of hydrogen-bond donors (Lipinski definition) is 2. The lowest BCUT2D eigenvalue weighted by Crippen LogP contribution is -2.37. The molecule has 0 fully saturated rings. The number of urea groups is 1. The largest absolute Gasteiger partial charge is 0.337 e. The van der Waals surface area contributed by atoms with Crippen LogP contribution in [0.1, 0.15) is 25.0 Å². The summed E-state index contributed by atoms with van der Waals surface area (Å²) in [6, 6.07) is 5.86. The molecule has 0 aliphatic heterocycles. The van der Waals surface area contributed by atoms with Crippen LogP contribution in [0.3, 0.4) is 0 Å². The lowest BCUT2D eigenvalue weighted by Gasteiger charge is -2.18.